The van der Waals surface area contributed by atoms with Gasteiger partial charge in [-0.3, -0.25) is 9.79 Å². The van der Waals surface area contributed by atoms with E-state index in [9.17, 15) is 4.79 Å². The van der Waals surface area contributed by atoms with Crippen LogP contribution >= 0.6 is 24.0 Å². The summed E-state index contributed by atoms with van der Waals surface area (Å²) in [7, 11) is 0. The predicted octanol–water partition coefficient (Wildman–Crippen LogP) is 3.01. The number of likely N-dealkylation sites (tertiary alicyclic amines) is 1. The summed E-state index contributed by atoms with van der Waals surface area (Å²) in [5.41, 5.74) is 0. The van der Waals surface area contributed by atoms with Crippen molar-refractivity contribution in [1.29, 1.82) is 0 Å². The molecule has 0 bridgehead atoms. The lowest BCUT2D eigenvalue weighted by atomic mass is 10.2. The number of carbonyl (C=O) groups excluding carboxylic acids is 1. The van der Waals surface area contributed by atoms with E-state index < -0.39 is 0 Å². The second-order valence-electron chi connectivity index (χ2n) is 7.05. The second-order valence-corrected chi connectivity index (χ2v) is 7.05. The first kappa shape index (κ1) is 25.4. The van der Waals surface area contributed by atoms with E-state index in [0.29, 0.717) is 18.2 Å². The molecule has 2 N–H and O–H groups in total. The van der Waals surface area contributed by atoms with Crippen molar-refractivity contribution in [1.82, 2.24) is 15.5 Å². The topological polar surface area (TPSA) is 66.0 Å². The molecule has 0 aromatic carbocycles. The molecular weight excluding hydrogens is 443 g/mol. The number of hydrogen-bond donors (Lipinski definition) is 2. The van der Waals surface area contributed by atoms with Gasteiger partial charge in [-0.2, -0.15) is 0 Å². The van der Waals surface area contributed by atoms with Crippen molar-refractivity contribution in [3.63, 3.8) is 0 Å². The number of nitrogens with zero attached hydrogens (tertiary/aromatic N) is 2. The third kappa shape index (κ3) is 12.7. The van der Waals surface area contributed by atoms with Crippen LogP contribution in [0.4, 0.5) is 0 Å². The van der Waals surface area contributed by atoms with Crippen molar-refractivity contribution in [3.05, 3.63) is 0 Å². The van der Waals surface area contributed by atoms with Crippen LogP contribution < -0.4 is 10.6 Å². The zero-order chi connectivity index (χ0) is 18.3. The van der Waals surface area contributed by atoms with Gasteiger partial charge in [-0.15, -0.1) is 24.0 Å². The summed E-state index contributed by atoms with van der Waals surface area (Å²) in [4.78, 5) is 18.6. The van der Waals surface area contributed by atoms with Crippen molar-refractivity contribution in [2.75, 3.05) is 45.9 Å². The largest absolute Gasteiger partial charge is 0.381 e. The Morgan fingerprint density at radius 1 is 1.23 bits per heavy atom. The number of hydrogen-bond acceptors (Lipinski definition) is 3. The minimum Gasteiger partial charge on any atom is -0.381 e. The SMILES string of the molecule is CCNC(=NCCCN1CCCCCC1=O)NCCCOCC(C)C.I. The summed E-state index contributed by atoms with van der Waals surface area (Å²) < 4.78 is 5.59. The maximum absolute atomic E-state index is 12.0. The lowest BCUT2D eigenvalue weighted by Gasteiger charge is -2.20. The monoisotopic (exact) mass is 482 g/mol. The van der Waals surface area contributed by atoms with Crippen LogP contribution in [0.15, 0.2) is 4.99 Å². The van der Waals surface area contributed by atoms with Gasteiger partial charge in [0.1, 0.15) is 0 Å². The number of nitrogens with one attached hydrogen (secondary N) is 2. The molecule has 1 rings (SSSR count). The molecule has 1 amide bonds. The minimum atomic E-state index is 0. The van der Waals surface area contributed by atoms with Crippen LogP contribution in [0.1, 0.15) is 59.3 Å². The van der Waals surface area contributed by atoms with Crippen LogP contribution in [0.3, 0.4) is 0 Å². The lowest BCUT2D eigenvalue weighted by Crippen LogP contribution is -2.38. The Hall–Kier alpha value is -0.570. The molecule has 1 aliphatic heterocycles. The maximum atomic E-state index is 12.0. The van der Waals surface area contributed by atoms with Gasteiger partial charge < -0.3 is 20.3 Å². The Morgan fingerprint density at radius 3 is 2.77 bits per heavy atom. The molecule has 1 saturated heterocycles. The number of aliphatic imine (C=N–C) groups is 1. The summed E-state index contributed by atoms with van der Waals surface area (Å²) in [6, 6.07) is 0. The first-order valence-corrected chi connectivity index (χ1v) is 10.0. The predicted molar refractivity (Wildman–Crippen MR) is 119 cm³/mol. The van der Waals surface area contributed by atoms with Crippen molar-refractivity contribution < 1.29 is 9.53 Å². The average Bonchev–Trinajstić information content (AvgIpc) is 2.78. The fourth-order valence-electron chi connectivity index (χ4n) is 2.77. The molecule has 1 fully saturated rings. The van der Waals surface area contributed by atoms with Crippen molar-refractivity contribution in [2.45, 2.75) is 59.3 Å². The maximum Gasteiger partial charge on any atom is 0.222 e. The third-order valence-corrected chi connectivity index (χ3v) is 4.08. The zero-order valence-corrected chi connectivity index (χ0v) is 19.2. The Kier molecular flexibility index (Phi) is 16.2. The summed E-state index contributed by atoms with van der Waals surface area (Å²) in [6.07, 6.45) is 5.96. The molecule has 0 aliphatic carbocycles. The summed E-state index contributed by atoms with van der Waals surface area (Å²) in [6.45, 7) is 12.2. The Bertz CT molecular complexity index is 392. The van der Waals surface area contributed by atoms with E-state index in [1.165, 1.54) is 6.42 Å². The number of guanidine groups is 1. The molecule has 0 radical (unpaired) electrons. The molecule has 154 valence electrons. The highest BCUT2D eigenvalue weighted by atomic mass is 127. The van der Waals surface area contributed by atoms with Gasteiger partial charge in [-0.25, -0.2) is 0 Å². The number of halogens is 1. The summed E-state index contributed by atoms with van der Waals surface area (Å²) in [5.74, 6) is 1.75. The van der Waals surface area contributed by atoms with Crippen LogP contribution in [-0.2, 0) is 9.53 Å². The Labute approximate surface area is 176 Å². The van der Waals surface area contributed by atoms with Gasteiger partial charge >= 0.3 is 0 Å². The van der Waals surface area contributed by atoms with Crippen LogP contribution in [0.2, 0.25) is 0 Å². The number of amides is 1. The number of carbonyl (C=O) groups is 1. The molecular formula is C19H39IN4O2. The summed E-state index contributed by atoms with van der Waals surface area (Å²) in [5, 5.41) is 6.61. The van der Waals surface area contributed by atoms with E-state index in [1.54, 1.807) is 0 Å². The van der Waals surface area contributed by atoms with Gasteiger partial charge in [-0.05, 0) is 38.5 Å². The van der Waals surface area contributed by atoms with E-state index in [1.807, 2.05) is 4.90 Å². The molecule has 0 spiro atoms. The van der Waals surface area contributed by atoms with Crippen molar-refractivity contribution >= 4 is 35.8 Å². The van der Waals surface area contributed by atoms with Gasteiger partial charge in [0.15, 0.2) is 5.96 Å². The smallest absolute Gasteiger partial charge is 0.222 e. The molecule has 7 heteroatoms. The zero-order valence-electron chi connectivity index (χ0n) is 16.9. The molecule has 0 aromatic heterocycles. The molecule has 26 heavy (non-hydrogen) atoms. The summed E-state index contributed by atoms with van der Waals surface area (Å²) >= 11 is 0. The molecule has 1 aliphatic rings. The third-order valence-electron chi connectivity index (χ3n) is 4.08. The standard InChI is InChI=1S/C19H38N4O2.HI/c1-4-20-19(22-12-9-15-25-16-17(2)3)21-11-8-14-23-13-7-5-6-10-18(23)24;/h17H,4-16H2,1-3H3,(H2,20,21,22);1H. The second kappa shape index (κ2) is 16.6. The number of rotatable bonds is 11. The Balaban J connectivity index is 0.00000625. The normalized spacial score (nSPS) is 15.6. The highest BCUT2D eigenvalue weighted by Gasteiger charge is 2.15. The van der Waals surface area contributed by atoms with Crippen LogP contribution in [0.25, 0.3) is 0 Å². The Morgan fingerprint density at radius 2 is 2.04 bits per heavy atom. The lowest BCUT2D eigenvalue weighted by molar-refractivity contribution is -0.130. The fraction of sp³-hybridized carbons (Fsp3) is 0.895. The van der Waals surface area contributed by atoms with E-state index in [-0.39, 0.29) is 24.0 Å². The molecule has 6 nitrogen and oxygen atoms in total. The van der Waals surface area contributed by atoms with Gasteiger partial charge in [0, 0.05) is 52.4 Å². The average molecular weight is 482 g/mol. The van der Waals surface area contributed by atoms with Gasteiger partial charge in [0.25, 0.3) is 0 Å². The highest BCUT2D eigenvalue weighted by molar-refractivity contribution is 14.0. The van der Waals surface area contributed by atoms with Gasteiger partial charge in [-0.1, -0.05) is 20.3 Å². The first-order chi connectivity index (χ1) is 12.1. The molecule has 0 unspecified atom stereocenters. The van der Waals surface area contributed by atoms with E-state index >= 15 is 0 Å². The van der Waals surface area contributed by atoms with Gasteiger partial charge in [0.2, 0.25) is 5.91 Å². The molecule has 0 aromatic rings. The van der Waals surface area contributed by atoms with E-state index in [0.717, 1.165) is 77.6 Å². The van der Waals surface area contributed by atoms with Gasteiger partial charge in [0.05, 0.1) is 0 Å². The van der Waals surface area contributed by atoms with Crippen LogP contribution in [0, 0.1) is 5.92 Å². The quantitative estimate of drug-likeness (QED) is 0.206. The molecule has 0 saturated carbocycles. The van der Waals surface area contributed by atoms with Crippen molar-refractivity contribution in [2.24, 2.45) is 10.9 Å². The minimum absolute atomic E-state index is 0. The van der Waals surface area contributed by atoms with Crippen molar-refractivity contribution in [3.8, 4) is 0 Å². The fourth-order valence-corrected chi connectivity index (χ4v) is 2.77. The van der Waals surface area contributed by atoms with Crippen LogP contribution in [-0.4, -0.2) is 62.7 Å². The van der Waals surface area contributed by atoms with Crippen LogP contribution in [0.5, 0.6) is 0 Å². The molecule has 1 heterocycles. The highest BCUT2D eigenvalue weighted by Crippen LogP contribution is 2.11. The number of ether oxygens (including phenoxy) is 1. The molecule has 0 atom stereocenters. The van der Waals surface area contributed by atoms with E-state index in [2.05, 4.69) is 36.4 Å². The van der Waals surface area contributed by atoms with E-state index in [4.69, 9.17) is 4.74 Å². The first-order valence-electron chi connectivity index (χ1n) is 10.0.